The van der Waals surface area contributed by atoms with Crippen LogP contribution in [0.2, 0.25) is 0 Å². The van der Waals surface area contributed by atoms with Gasteiger partial charge < -0.3 is 20.8 Å². The molecule has 2 heterocycles. The van der Waals surface area contributed by atoms with Gasteiger partial charge in [0.05, 0.1) is 12.3 Å². The van der Waals surface area contributed by atoms with E-state index in [1.165, 1.54) is 0 Å². The Morgan fingerprint density at radius 2 is 2.00 bits per heavy atom. The maximum absolute atomic E-state index is 10.5. The summed E-state index contributed by atoms with van der Waals surface area (Å²) in [5.74, 6) is 1.55. The van der Waals surface area contributed by atoms with Crippen LogP contribution in [-0.4, -0.2) is 60.1 Å². The third-order valence-corrected chi connectivity index (χ3v) is 6.54. The van der Waals surface area contributed by atoms with E-state index >= 15 is 0 Å². The van der Waals surface area contributed by atoms with Crippen LogP contribution < -0.4 is 21.5 Å². The Labute approximate surface area is 150 Å². The first-order chi connectivity index (χ1) is 11.6. The maximum atomic E-state index is 10.5. The summed E-state index contributed by atoms with van der Waals surface area (Å²) >= 11 is 6.22. The molecule has 6 nitrogen and oxygen atoms in total. The third kappa shape index (κ3) is 4.23. The first-order valence-corrected chi connectivity index (χ1v) is 9.92. The van der Waals surface area contributed by atoms with Crippen molar-refractivity contribution >= 4 is 11.6 Å². The fourth-order valence-corrected chi connectivity index (χ4v) is 4.98. The van der Waals surface area contributed by atoms with Crippen molar-refractivity contribution in [3.8, 4) is 0 Å². The molecule has 2 aliphatic heterocycles. The van der Waals surface area contributed by atoms with E-state index in [2.05, 4.69) is 21.5 Å². The standard InChI is InChI=1S/C17H33ClN4O2/c1-10(9-23)7-20-17-14-8-19-5-4-12(14)16(21-22-17)13-3-2-11(18)6-15(13)24/h10-17,19-24H,2-9H2,1H3/t10-,11?,12?,13?,14?,15?,16?,17?/m0/s1. The number of hydrazine groups is 1. The summed E-state index contributed by atoms with van der Waals surface area (Å²) in [6.07, 6.45) is 3.70. The van der Waals surface area contributed by atoms with E-state index in [1.54, 1.807) is 0 Å². The summed E-state index contributed by atoms with van der Waals surface area (Å²) in [7, 11) is 0. The molecule has 3 rings (SSSR count). The van der Waals surface area contributed by atoms with Crippen LogP contribution >= 0.6 is 11.6 Å². The highest BCUT2D eigenvalue weighted by Gasteiger charge is 2.46. The quantitative estimate of drug-likeness (QED) is 0.387. The highest BCUT2D eigenvalue weighted by atomic mass is 35.5. The first-order valence-electron chi connectivity index (χ1n) is 9.48. The predicted octanol–water partition coefficient (Wildman–Crippen LogP) is 0.00100. The van der Waals surface area contributed by atoms with Gasteiger partial charge in [0.2, 0.25) is 0 Å². The summed E-state index contributed by atoms with van der Waals surface area (Å²) in [6, 6.07) is 0.296. The lowest BCUT2D eigenvalue weighted by atomic mass is 9.69. The number of rotatable bonds is 5. The van der Waals surface area contributed by atoms with Crippen LogP contribution in [-0.2, 0) is 0 Å². The first kappa shape index (κ1) is 18.8. The Kier molecular flexibility index (Phi) is 6.77. The van der Waals surface area contributed by atoms with Crippen molar-refractivity contribution < 1.29 is 10.2 Å². The topological polar surface area (TPSA) is 88.6 Å². The molecule has 24 heavy (non-hydrogen) atoms. The Balaban J connectivity index is 1.64. The molecule has 1 saturated carbocycles. The molecule has 7 unspecified atom stereocenters. The lowest BCUT2D eigenvalue weighted by Crippen LogP contribution is -2.71. The number of nitrogens with one attached hydrogen (secondary N) is 4. The number of aliphatic hydroxyl groups is 2. The van der Waals surface area contributed by atoms with Gasteiger partial charge in [0.1, 0.15) is 0 Å². The van der Waals surface area contributed by atoms with Crippen LogP contribution in [0.3, 0.4) is 0 Å². The van der Waals surface area contributed by atoms with Gasteiger partial charge in [0.25, 0.3) is 0 Å². The molecule has 8 atom stereocenters. The number of piperidine rings is 1. The van der Waals surface area contributed by atoms with E-state index in [0.717, 1.165) is 38.9 Å². The molecule has 0 amide bonds. The highest BCUT2D eigenvalue weighted by Crippen LogP contribution is 2.38. The van der Waals surface area contributed by atoms with Crippen molar-refractivity contribution in [2.45, 2.75) is 56.3 Å². The minimum atomic E-state index is -0.310. The van der Waals surface area contributed by atoms with Crippen molar-refractivity contribution in [1.82, 2.24) is 21.5 Å². The molecule has 0 aromatic carbocycles. The zero-order chi connectivity index (χ0) is 17.1. The third-order valence-electron chi connectivity index (χ3n) is 6.14. The number of hydrogen-bond donors (Lipinski definition) is 6. The largest absolute Gasteiger partial charge is 0.396 e. The molecule has 140 valence electrons. The van der Waals surface area contributed by atoms with E-state index < -0.39 is 0 Å². The van der Waals surface area contributed by atoms with E-state index in [0.29, 0.717) is 24.3 Å². The van der Waals surface area contributed by atoms with Crippen LogP contribution in [0, 0.1) is 23.7 Å². The minimum absolute atomic E-state index is 0.117. The average molecular weight is 361 g/mol. The van der Waals surface area contributed by atoms with Gasteiger partial charge in [-0.05, 0) is 44.1 Å². The number of aliphatic hydroxyl groups excluding tert-OH is 2. The Hall–Kier alpha value is 0.0500. The SMILES string of the molecule is C[C@H](CO)CNC1NNC(C2CCC(Cl)CC2O)C2CCNCC12. The van der Waals surface area contributed by atoms with Gasteiger partial charge in [0.15, 0.2) is 0 Å². The Morgan fingerprint density at radius 3 is 2.75 bits per heavy atom. The zero-order valence-electron chi connectivity index (χ0n) is 14.5. The molecule has 1 aliphatic carbocycles. The van der Waals surface area contributed by atoms with Crippen molar-refractivity contribution in [2.24, 2.45) is 23.7 Å². The van der Waals surface area contributed by atoms with Gasteiger partial charge in [-0.2, -0.15) is 0 Å². The minimum Gasteiger partial charge on any atom is -0.396 e. The van der Waals surface area contributed by atoms with Gasteiger partial charge >= 0.3 is 0 Å². The zero-order valence-corrected chi connectivity index (χ0v) is 15.3. The molecule has 2 saturated heterocycles. The second-order valence-corrected chi connectivity index (χ2v) is 8.57. The second kappa shape index (κ2) is 8.62. The maximum Gasteiger partial charge on any atom is 0.0748 e. The molecule has 0 aromatic rings. The van der Waals surface area contributed by atoms with Crippen LogP contribution in [0.25, 0.3) is 0 Å². The molecule has 0 aromatic heterocycles. The van der Waals surface area contributed by atoms with Gasteiger partial charge in [-0.3, -0.25) is 5.43 Å². The number of hydrogen-bond acceptors (Lipinski definition) is 6. The van der Waals surface area contributed by atoms with E-state index in [1.807, 2.05) is 6.92 Å². The fraction of sp³-hybridized carbons (Fsp3) is 1.00. The van der Waals surface area contributed by atoms with Crippen molar-refractivity contribution in [1.29, 1.82) is 0 Å². The number of halogens is 1. The summed E-state index contributed by atoms with van der Waals surface area (Å²) < 4.78 is 0. The van der Waals surface area contributed by atoms with Gasteiger partial charge in [-0.1, -0.05) is 6.92 Å². The van der Waals surface area contributed by atoms with Crippen molar-refractivity contribution in [3.63, 3.8) is 0 Å². The van der Waals surface area contributed by atoms with Crippen LogP contribution in [0.15, 0.2) is 0 Å². The fourth-order valence-electron chi connectivity index (χ4n) is 4.67. The summed E-state index contributed by atoms with van der Waals surface area (Å²) in [4.78, 5) is 0. The lowest BCUT2D eigenvalue weighted by Gasteiger charge is -2.51. The average Bonchev–Trinajstić information content (AvgIpc) is 2.60. The number of alkyl halides is 1. The molecule has 3 aliphatic rings. The summed E-state index contributed by atoms with van der Waals surface area (Å²) in [5, 5.41) is 27.0. The molecular formula is C17H33ClN4O2. The molecule has 3 fully saturated rings. The predicted molar refractivity (Wildman–Crippen MR) is 95.6 cm³/mol. The van der Waals surface area contributed by atoms with Crippen molar-refractivity contribution in [3.05, 3.63) is 0 Å². The summed E-state index contributed by atoms with van der Waals surface area (Å²) in [6.45, 7) is 5.07. The van der Waals surface area contributed by atoms with E-state index in [4.69, 9.17) is 11.6 Å². The highest BCUT2D eigenvalue weighted by molar-refractivity contribution is 6.20. The van der Waals surface area contributed by atoms with Crippen molar-refractivity contribution in [2.75, 3.05) is 26.2 Å². The Bertz CT molecular complexity index is 403. The second-order valence-electron chi connectivity index (χ2n) is 7.95. The monoisotopic (exact) mass is 360 g/mol. The van der Waals surface area contributed by atoms with Gasteiger partial charge in [-0.15, -0.1) is 11.6 Å². The smallest absolute Gasteiger partial charge is 0.0748 e. The summed E-state index contributed by atoms with van der Waals surface area (Å²) in [5.41, 5.74) is 6.97. The van der Waals surface area contributed by atoms with Gasteiger partial charge in [-0.25, -0.2) is 5.43 Å². The molecule has 7 heteroatoms. The van der Waals surface area contributed by atoms with Gasteiger partial charge in [0, 0.05) is 43.0 Å². The van der Waals surface area contributed by atoms with E-state index in [-0.39, 0.29) is 36.1 Å². The van der Waals surface area contributed by atoms with Crippen LogP contribution in [0.5, 0.6) is 0 Å². The number of fused-ring (bicyclic) bond motifs is 1. The Morgan fingerprint density at radius 1 is 1.17 bits per heavy atom. The molecule has 6 N–H and O–H groups in total. The molecule has 0 radical (unpaired) electrons. The van der Waals surface area contributed by atoms with Crippen LogP contribution in [0.1, 0.15) is 32.6 Å². The molecule has 0 spiro atoms. The van der Waals surface area contributed by atoms with Crippen LogP contribution in [0.4, 0.5) is 0 Å². The molecule has 0 bridgehead atoms. The molecular weight excluding hydrogens is 328 g/mol. The van der Waals surface area contributed by atoms with E-state index in [9.17, 15) is 10.2 Å². The normalized spacial score (nSPS) is 44.8. The lowest BCUT2D eigenvalue weighted by molar-refractivity contribution is -0.0200.